The van der Waals surface area contributed by atoms with Crippen LogP contribution in [-0.2, 0) is 5.41 Å². The Hall–Kier alpha value is -4.24. The summed E-state index contributed by atoms with van der Waals surface area (Å²) in [4.78, 5) is 0. The van der Waals surface area contributed by atoms with Crippen LogP contribution in [0.2, 0.25) is 0 Å². The van der Waals surface area contributed by atoms with Crippen molar-refractivity contribution in [2.75, 3.05) is 0 Å². The molecule has 0 spiro atoms. The molecule has 0 fully saturated rings. The topological polar surface area (TPSA) is 22.4 Å². The van der Waals surface area contributed by atoms with Crippen molar-refractivity contribution >= 4 is 34.4 Å². The van der Waals surface area contributed by atoms with E-state index < -0.39 is 0 Å². The molecule has 194 valence electrons. The molecule has 40 heavy (non-hydrogen) atoms. The van der Waals surface area contributed by atoms with Crippen molar-refractivity contribution in [2.45, 2.75) is 45.4 Å². The molecule has 0 N–H and O–H groups in total. The van der Waals surface area contributed by atoms with Gasteiger partial charge in [0, 0.05) is 23.3 Å². The highest BCUT2D eigenvalue weighted by molar-refractivity contribution is 6.95. The van der Waals surface area contributed by atoms with E-state index in [0.717, 1.165) is 29.2 Å². The number of fused-ring (bicyclic) bond motifs is 7. The van der Waals surface area contributed by atoms with Gasteiger partial charge in [-0.2, -0.15) is 0 Å². The van der Waals surface area contributed by atoms with Crippen molar-refractivity contribution in [1.82, 2.24) is 0 Å². The Morgan fingerprint density at radius 3 is 2.38 bits per heavy atom. The second kappa shape index (κ2) is 8.38. The third-order valence-electron chi connectivity index (χ3n) is 8.94. The average Bonchev–Trinajstić information content (AvgIpc) is 3.49. The molecule has 1 aromatic heterocycles. The Balaban J connectivity index is 1.34. The Morgan fingerprint density at radius 1 is 0.825 bits per heavy atom. The molecule has 3 heterocycles. The van der Waals surface area contributed by atoms with Crippen molar-refractivity contribution in [3.63, 3.8) is 0 Å². The van der Waals surface area contributed by atoms with E-state index in [4.69, 9.17) is 9.15 Å². The van der Waals surface area contributed by atoms with Crippen LogP contribution in [0.15, 0.2) is 113 Å². The molecule has 0 saturated heterocycles. The molecule has 8 rings (SSSR count). The number of furan rings is 1. The first-order chi connectivity index (χ1) is 19.3. The minimum absolute atomic E-state index is 0.0503. The summed E-state index contributed by atoms with van der Waals surface area (Å²) in [5, 5.41) is 1.20. The van der Waals surface area contributed by atoms with Crippen LogP contribution in [0.3, 0.4) is 0 Å². The van der Waals surface area contributed by atoms with Crippen LogP contribution in [0, 0.1) is 6.92 Å². The molecule has 4 aromatic carbocycles. The zero-order chi connectivity index (χ0) is 27.2. The molecule has 2 aliphatic heterocycles. The van der Waals surface area contributed by atoms with E-state index in [0.29, 0.717) is 0 Å². The molecule has 1 atom stereocenters. The van der Waals surface area contributed by atoms with Gasteiger partial charge in [0.15, 0.2) is 0 Å². The van der Waals surface area contributed by atoms with E-state index in [-0.39, 0.29) is 18.0 Å². The van der Waals surface area contributed by atoms with E-state index in [9.17, 15) is 0 Å². The van der Waals surface area contributed by atoms with Gasteiger partial charge in [0.1, 0.15) is 17.1 Å². The number of allylic oxidation sites excluding steroid dienone is 4. The molecular weight excluding hydrogens is 487 g/mol. The smallest absolute Gasteiger partial charge is 0.296 e. The van der Waals surface area contributed by atoms with E-state index in [1.165, 1.54) is 55.3 Å². The maximum atomic E-state index is 6.83. The fourth-order valence-corrected chi connectivity index (χ4v) is 6.77. The SMILES string of the molecule is Cc1ccc(-c2ccc3c(c2)OC2=C4B3c3oc5cc(C(C)(C)C)ccc5c3C4=CC(c3ccccc3)C2)cc1. The maximum Gasteiger partial charge on any atom is 0.296 e. The van der Waals surface area contributed by atoms with Gasteiger partial charge in [0.25, 0.3) is 6.71 Å². The molecule has 3 aliphatic rings. The van der Waals surface area contributed by atoms with Gasteiger partial charge >= 0.3 is 0 Å². The van der Waals surface area contributed by atoms with E-state index in [1.54, 1.807) is 0 Å². The lowest BCUT2D eigenvalue weighted by Crippen LogP contribution is -2.45. The van der Waals surface area contributed by atoms with Crippen LogP contribution in [0.25, 0.3) is 27.7 Å². The molecule has 0 radical (unpaired) electrons. The maximum absolute atomic E-state index is 6.83. The minimum atomic E-state index is 0.0503. The van der Waals surface area contributed by atoms with Gasteiger partial charge in [0.2, 0.25) is 0 Å². The summed E-state index contributed by atoms with van der Waals surface area (Å²) in [7, 11) is 0. The van der Waals surface area contributed by atoms with Crippen LogP contribution < -0.4 is 15.9 Å². The number of ether oxygens (including phenoxy) is 1. The molecule has 0 saturated carbocycles. The second-order valence-corrected chi connectivity index (χ2v) is 12.6. The number of hydrogen-bond acceptors (Lipinski definition) is 2. The fraction of sp³-hybridized carbons (Fsp3) is 0.189. The average molecular weight is 518 g/mol. The zero-order valence-corrected chi connectivity index (χ0v) is 23.4. The summed E-state index contributed by atoms with van der Waals surface area (Å²) in [6.45, 7) is 8.94. The van der Waals surface area contributed by atoms with Gasteiger partial charge in [-0.3, -0.25) is 0 Å². The van der Waals surface area contributed by atoms with E-state index >= 15 is 0 Å². The monoisotopic (exact) mass is 518 g/mol. The molecule has 1 aliphatic carbocycles. The van der Waals surface area contributed by atoms with Gasteiger partial charge in [-0.1, -0.05) is 111 Å². The van der Waals surface area contributed by atoms with Crippen LogP contribution in [0.5, 0.6) is 5.75 Å². The standard InChI is InChI=1S/C37H31BO2/c1-22-10-12-24(13-11-22)25-14-17-30-32(19-25)39-33-20-26(23-8-6-5-7-9-23)18-29-34-28-16-15-27(37(2,3)4)21-31(28)40-36(34)38(30)35(29)33/h5-19,21,26H,20H2,1-4H3. The van der Waals surface area contributed by atoms with Gasteiger partial charge < -0.3 is 9.15 Å². The Bertz CT molecular complexity index is 1880. The van der Waals surface area contributed by atoms with Crippen LogP contribution in [0.4, 0.5) is 0 Å². The summed E-state index contributed by atoms with van der Waals surface area (Å²) >= 11 is 0. The molecule has 2 nitrogen and oxygen atoms in total. The minimum Gasteiger partial charge on any atom is -0.470 e. The van der Waals surface area contributed by atoms with Gasteiger partial charge in [-0.15, -0.1) is 0 Å². The summed E-state index contributed by atoms with van der Waals surface area (Å²) in [6.07, 6.45) is 3.32. The van der Waals surface area contributed by atoms with Crippen molar-refractivity contribution in [1.29, 1.82) is 0 Å². The number of aryl methyl sites for hydroxylation is 1. The summed E-state index contributed by atoms with van der Waals surface area (Å²) in [5.74, 6) is 2.27. The van der Waals surface area contributed by atoms with Crippen LogP contribution >= 0.6 is 0 Å². The van der Waals surface area contributed by atoms with Crippen molar-refractivity contribution < 1.29 is 9.15 Å². The quantitative estimate of drug-likeness (QED) is 0.221. The predicted octanol–water partition coefficient (Wildman–Crippen LogP) is 8.08. The van der Waals surface area contributed by atoms with Gasteiger partial charge in [-0.05, 0) is 63.2 Å². The van der Waals surface area contributed by atoms with Gasteiger partial charge in [0.05, 0.1) is 5.66 Å². The summed E-state index contributed by atoms with van der Waals surface area (Å²) in [6, 6.07) is 33.0. The lowest BCUT2D eigenvalue weighted by molar-refractivity contribution is 0.394. The zero-order valence-electron chi connectivity index (χ0n) is 23.4. The first kappa shape index (κ1) is 23.6. The third kappa shape index (κ3) is 3.50. The summed E-state index contributed by atoms with van der Waals surface area (Å²) in [5.41, 5.74) is 13.3. The number of benzene rings is 4. The van der Waals surface area contributed by atoms with Crippen LogP contribution in [-0.4, -0.2) is 6.71 Å². The molecule has 0 amide bonds. The third-order valence-corrected chi connectivity index (χ3v) is 8.94. The van der Waals surface area contributed by atoms with Crippen molar-refractivity contribution in [3.05, 3.63) is 131 Å². The highest BCUT2D eigenvalue weighted by atomic mass is 16.5. The fourth-order valence-electron chi connectivity index (χ4n) is 6.77. The molecular formula is C37H31BO2. The summed E-state index contributed by atoms with van der Waals surface area (Å²) < 4.78 is 13.6. The predicted molar refractivity (Wildman–Crippen MR) is 166 cm³/mol. The van der Waals surface area contributed by atoms with Gasteiger partial charge in [-0.25, -0.2) is 0 Å². The Morgan fingerprint density at radius 2 is 1.60 bits per heavy atom. The van der Waals surface area contributed by atoms with Crippen LogP contribution in [0.1, 0.15) is 55.4 Å². The van der Waals surface area contributed by atoms with Crippen molar-refractivity contribution in [2.24, 2.45) is 0 Å². The molecule has 3 heteroatoms. The lowest BCUT2D eigenvalue weighted by Gasteiger charge is -2.31. The van der Waals surface area contributed by atoms with Crippen molar-refractivity contribution in [3.8, 4) is 16.9 Å². The second-order valence-electron chi connectivity index (χ2n) is 12.6. The largest absolute Gasteiger partial charge is 0.470 e. The number of hydrogen-bond donors (Lipinski definition) is 0. The lowest BCUT2D eigenvalue weighted by atomic mass is 9.39. The normalized spacial score (nSPS) is 17.4. The number of rotatable bonds is 2. The first-order valence-corrected chi connectivity index (χ1v) is 14.3. The highest BCUT2D eigenvalue weighted by Gasteiger charge is 2.49. The molecule has 0 bridgehead atoms. The van der Waals surface area contributed by atoms with E-state index in [2.05, 4.69) is 125 Å². The molecule has 1 unspecified atom stereocenters. The Labute approximate surface area is 236 Å². The first-order valence-electron chi connectivity index (χ1n) is 14.3. The molecule has 5 aromatic rings. The highest BCUT2D eigenvalue weighted by Crippen LogP contribution is 2.49. The van der Waals surface area contributed by atoms with E-state index in [1.807, 2.05) is 0 Å². The Kier molecular flexibility index (Phi) is 4.95.